The minimum absolute atomic E-state index is 0.161. The molecule has 0 fully saturated rings. The van der Waals surface area contributed by atoms with Crippen LogP contribution >= 0.6 is 0 Å². The smallest absolute Gasteiger partial charge is 0.243 e. The number of carbonyl (C=O) groups is 1. The van der Waals surface area contributed by atoms with Crippen LogP contribution in [0.4, 0.5) is 5.95 Å². The summed E-state index contributed by atoms with van der Waals surface area (Å²) < 4.78 is 1.84. The Hall–Kier alpha value is -2.93. The van der Waals surface area contributed by atoms with E-state index in [9.17, 15) is 9.90 Å². The highest BCUT2D eigenvalue weighted by Crippen LogP contribution is 2.31. The molecule has 3 aromatic rings. The van der Waals surface area contributed by atoms with Crippen LogP contribution in [0.25, 0.3) is 11.0 Å². The molecule has 1 aliphatic heterocycles. The largest absolute Gasteiger partial charge is 0.374 e. The Morgan fingerprint density at radius 2 is 2.12 bits per heavy atom. The van der Waals surface area contributed by atoms with E-state index in [1.165, 1.54) is 0 Å². The number of aliphatic hydroxyl groups is 1. The van der Waals surface area contributed by atoms with Gasteiger partial charge in [-0.25, -0.2) is 4.98 Å². The van der Waals surface area contributed by atoms with Crippen molar-refractivity contribution in [3.8, 4) is 0 Å². The van der Waals surface area contributed by atoms with Gasteiger partial charge in [-0.3, -0.25) is 14.3 Å². The van der Waals surface area contributed by atoms with Crippen LogP contribution in [0.3, 0.4) is 0 Å². The number of hydrogen-bond donors (Lipinski definition) is 3. The number of aliphatic hydroxyl groups excluding tert-OH is 1. The van der Waals surface area contributed by atoms with Crippen molar-refractivity contribution in [3.05, 3.63) is 54.4 Å². The van der Waals surface area contributed by atoms with Crippen LogP contribution in [0, 0.1) is 0 Å². The lowest BCUT2D eigenvalue weighted by Gasteiger charge is -2.29. The molecule has 0 saturated heterocycles. The van der Waals surface area contributed by atoms with Gasteiger partial charge in [0.25, 0.3) is 0 Å². The van der Waals surface area contributed by atoms with Crippen LogP contribution in [-0.4, -0.2) is 31.8 Å². The highest BCUT2D eigenvalue weighted by atomic mass is 16.3. The molecule has 0 bridgehead atoms. The summed E-state index contributed by atoms with van der Waals surface area (Å²) in [6.07, 6.45) is 1.17. The van der Waals surface area contributed by atoms with E-state index in [0.29, 0.717) is 12.5 Å². The van der Waals surface area contributed by atoms with Crippen molar-refractivity contribution in [3.63, 3.8) is 0 Å². The predicted octanol–water partition coefficient (Wildman–Crippen LogP) is 1.42. The summed E-state index contributed by atoms with van der Waals surface area (Å²) >= 11 is 0. The molecule has 4 rings (SSSR count). The fourth-order valence-electron chi connectivity index (χ4n) is 3.01. The number of aromatic nitrogens is 3. The van der Waals surface area contributed by atoms with Crippen molar-refractivity contribution in [1.82, 2.24) is 19.9 Å². The lowest BCUT2D eigenvalue weighted by atomic mass is 10.1. The van der Waals surface area contributed by atoms with E-state index in [1.807, 2.05) is 47.0 Å². The number of benzene rings is 1. The Morgan fingerprint density at radius 3 is 2.96 bits per heavy atom. The highest BCUT2D eigenvalue weighted by molar-refractivity contribution is 5.86. The molecule has 2 aromatic heterocycles. The summed E-state index contributed by atoms with van der Waals surface area (Å²) in [5.41, 5.74) is 2.44. The van der Waals surface area contributed by atoms with Crippen molar-refractivity contribution in [2.24, 2.45) is 0 Å². The molecular formula is C17H17N5O2. The van der Waals surface area contributed by atoms with Crippen molar-refractivity contribution in [1.29, 1.82) is 0 Å². The average molecular weight is 323 g/mol. The van der Waals surface area contributed by atoms with Crippen LogP contribution < -0.4 is 10.6 Å². The number of hydrogen-bond acceptors (Lipinski definition) is 5. The number of fused-ring (bicyclic) bond motifs is 3. The zero-order chi connectivity index (χ0) is 16.5. The molecule has 0 unspecified atom stereocenters. The van der Waals surface area contributed by atoms with E-state index in [4.69, 9.17) is 0 Å². The van der Waals surface area contributed by atoms with Gasteiger partial charge in [-0.15, -0.1) is 0 Å². The molecule has 7 heteroatoms. The molecule has 0 aliphatic carbocycles. The SMILES string of the molecule is O=C(NCc1ccccn1)[C@H]1C[C@H](O)Nc2nc3ccccc3n21. The number of nitrogens with zero attached hydrogens (tertiary/aromatic N) is 3. The van der Waals surface area contributed by atoms with Gasteiger partial charge < -0.3 is 15.7 Å². The standard InChI is InChI=1S/C17H17N5O2/c23-15-9-14(16(24)19-10-11-5-3-4-8-18-11)22-13-7-2-1-6-12(13)20-17(22)21-15/h1-8,14-15,23H,9-10H2,(H,19,24)(H,20,21)/t14-,15+/m1/s1. The van der Waals surface area contributed by atoms with Gasteiger partial charge in [0.1, 0.15) is 12.3 Å². The molecule has 2 atom stereocenters. The molecule has 7 nitrogen and oxygen atoms in total. The second-order valence-corrected chi connectivity index (χ2v) is 5.74. The number of rotatable bonds is 3. The van der Waals surface area contributed by atoms with E-state index in [1.54, 1.807) is 6.20 Å². The molecule has 1 amide bonds. The first kappa shape index (κ1) is 14.6. The first-order valence-electron chi connectivity index (χ1n) is 7.81. The van der Waals surface area contributed by atoms with Crippen LogP contribution in [0.1, 0.15) is 18.2 Å². The van der Waals surface area contributed by atoms with E-state index < -0.39 is 12.3 Å². The summed E-state index contributed by atoms with van der Waals surface area (Å²) in [5.74, 6) is 0.346. The predicted molar refractivity (Wildman–Crippen MR) is 89.1 cm³/mol. The van der Waals surface area contributed by atoms with Gasteiger partial charge >= 0.3 is 0 Å². The molecule has 24 heavy (non-hydrogen) atoms. The van der Waals surface area contributed by atoms with Crippen molar-refractivity contribution >= 4 is 22.9 Å². The van der Waals surface area contributed by atoms with Gasteiger partial charge in [0.15, 0.2) is 0 Å². The van der Waals surface area contributed by atoms with E-state index in [0.717, 1.165) is 16.7 Å². The summed E-state index contributed by atoms with van der Waals surface area (Å²) in [5, 5.41) is 15.8. The number of para-hydroxylation sites is 2. The Balaban J connectivity index is 1.62. The van der Waals surface area contributed by atoms with E-state index >= 15 is 0 Å². The third-order valence-electron chi connectivity index (χ3n) is 4.12. The molecule has 3 N–H and O–H groups in total. The average Bonchev–Trinajstić information content (AvgIpc) is 2.98. The minimum Gasteiger partial charge on any atom is -0.374 e. The Morgan fingerprint density at radius 1 is 1.29 bits per heavy atom. The molecule has 3 heterocycles. The number of anilines is 1. The van der Waals surface area contributed by atoms with Gasteiger partial charge in [0, 0.05) is 12.6 Å². The lowest BCUT2D eigenvalue weighted by molar-refractivity contribution is -0.125. The molecule has 1 aliphatic rings. The fraction of sp³-hybridized carbons (Fsp3) is 0.235. The molecule has 122 valence electrons. The van der Waals surface area contributed by atoms with Crippen LogP contribution in [0.15, 0.2) is 48.7 Å². The highest BCUT2D eigenvalue weighted by Gasteiger charge is 2.32. The number of pyridine rings is 1. The maximum atomic E-state index is 12.7. The first-order chi connectivity index (χ1) is 11.7. The zero-order valence-corrected chi connectivity index (χ0v) is 12.9. The van der Waals surface area contributed by atoms with Crippen molar-refractivity contribution in [2.45, 2.75) is 25.2 Å². The molecule has 0 saturated carbocycles. The normalized spacial score (nSPS) is 19.5. The Labute approximate surface area is 138 Å². The second-order valence-electron chi connectivity index (χ2n) is 5.74. The summed E-state index contributed by atoms with van der Waals surface area (Å²) in [7, 11) is 0. The van der Waals surface area contributed by atoms with E-state index in [2.05, 4.69) is 20.6 Å². The van der Waals surface area contributed by atoms with Crippen molar-refractivity contribution < 1.29 is 9.90 Å². The van der Waals surface area contributed by atoms with Gasteiger partial charge in [0.2, 0.25) is 11.9 Å². The minimum atomic E-state index is -0.806. The van der Waals surface area contributed by atoms with Crippen LogP contribution in [-0.2, 0) is 11.3 Å². The Kier molecular flexibility index (Phi) is 3.62. The van der Waals surface area contributed by atoms with Gasteiger partial charge in [-0.05, 0) is 24.3 Å². The Bertz CT molecular complexity index is 877. The summed E-state index contributed by atoms with van der Waals surface area (Å²) in [6.45, 7) is 0.349. The number of amides is 1. The fourth-order valence-corrected chi connectivity index (χ4v) is 3.01. The molecule has 0 radical (unpaired) electrons. The monoisotopic (exact) mass is 323 g/mol. The quantitative estimate of drug-likeness (QED) is 0.678. The third-order valence-corrected chi connectivity index (χ3v) is 4.12. The molecule has 1 aromatic carbocycles. The van der Waals surface area contributed by atoms with Gasteiger partial charge in [0.05, 0.1) is 23.3 Å². The van der Waals surface area contributed by atoms with Crippen molar-refractivity contribution in [2.75, 3.05) is 5.32 Å². The first-order valence-corrected chi connectivity index (χ1v) is 7.81. The third kappa shape index (κ3) is 2.59. The molecular weight excluding hydrogens is 306 g/mol. The topological polar surface area (TPSA) is 92.1 Å². The zero-order valence-electron chi connectivity index (χ0n) is 12.9. The lowest BCUT2D eigenvalue weighted by Crippen LogP contribution is -2.40. The van der Waals surface area contributed by atoms with Gasteiger partial charge in [-0.1, -0.05) is 18.2 Å². The van der Waals surface area contributed by atoms with Crippen LogP contribution in [0.2, 0.25) is 0 Å². The number of carbonyl (C=O) groups excluding carboxylic acids is 1. The van der Waals surface area contributed by atoms with E-state index in [-0.39, 0.29) is 12.3 Å². The maximum Gasteiger partial charge on any atom is 0.243 e. The summed E-state index contributed by atoms with van der Waals surface area (Å²) in [4.78, 5) is 21.3. The van der Waals surface area contributed by atoms with Crippen LogP contribution in [0.5, 0.6) is 0 Å². The second kappa shape index (κ2) is 5.93. The number of nitrogens with one attached hydrogen (secondary N) is 2. The molecule has 0 spiro atoms. The maximum absolute atomic E-state index is 12.7. The van der Waals surface area contributed by atoms with Gasteiger partial charge in [-0.2, -0.15) is 0 Å². The summed E-state index contributed by atoms with van der Waals surface area (Å²) in [6, 6.07) is 12.7. The number of imidazole rings is 1.